The fourth-order valence-electron chi connectivity index (χ4n) is 0.466. The van der Waals surface area contributed by atoms with E-state index in [4.69, 9.17) is 5.26 Å². The SMILES string of the molecule is CC=CCCCC#N. The van der Waals surface area contributed by atoms with Crippen molar-refractivity contribution in [2.75, 3.05) is 0 Å². The van der Waals surface area contributed by atoms with E-state index in [2.05, 4.69) is 12.1 Å². The van der Waals surface area contributed by atoms with E-state index in [1.165, 1.54) is 0 Å². The summed E-state index contributed by atoms with van der Waals surface area (Å²) in [6.07, 6.45) is 6.82. The van der Waals surface area contributed by atoms with Crippen LogP contribution in [0, 0.1) is 11.3 Å². The smallest absolute Gasteiger partial charge is 0.0621 e. The first-order valence-corrected chi connectivity index (χ1v) is 2.90. The number of nitriles is 1. The second-order valence-electron chi connectivity index (χ2n) is 1.62. The van der Waals surface area contributed by atoms with Crippen molar-refractivity contribution in [2.45, 2.75) is 26.2 Å². The minimum Gasteiger partial charge on any atom is -0.198 e. The highest BCUT2D eigenvalue weighted by atomic mass is 14.2. The summed E-state index contributed by atoms with van der Waals surface area (Å²) in [5.74, 6) is 0. The van der Waals surface area contributed by atoms with E-state index in [1.54, 1.807) is 0 Å². The van der Waals surface area contributed by atoms with E-state index < -0.39 is 0 Å². The van der Waals surface area contributed by atoms with E-state index in [0.29, 0.717) is 6.42 Å². The van der Waals surface area contributed by atoms with Gasteiger partial charge in [0.1, 0.15) is 0 Å². The summed E-state index contributed by atoms with van der Waals surface area (Å²) < 4.78 is 0. The van der Waals surface area contributed by atoms with Crippen LogP contribution in [0.2, 0.25) is 0 Å². The van der Waals surface area contributed by atoms with Crippen LogP contribution in [-0.4, -0.2) is 0 Å². The Hall–Kier alpha value is -0.770. The number of hydrogen-bond donors (Lipinski definition) is 0. The summed E-state index contributed by atoms with van der Waals surface area (Å²) in [4.78, 5) is 0. The molecule has 1 heteroatoms. The molecule has 1 nitrogen and oxygen atoms in total. The van der Waals surface area contributed by atoms with Gasteiger partial charge in [-0.15, -0.1) is 0 Å². The van der Waals surface area contributed by atoms with Crippen molar-refractivity contribution in [1.82, 2.24) is 0 Å². The lowest BCUT2D eigenvalue weighted by atomic mass is 10.2. The van der Waals surface area contributed by atoms with Crippen molar-refractivity contribution >= 4 is 0 Å². The van der Waals surface area contributed by atoms with Crippen LogP contribution in [0.3, 0.4) is 0 Å². The Morgan fingerprint density at radius 3 is 2.88 bits per heavy atom. The van der Waals surface area contributed by atoms with Gasteiger partial charge in [0.25, 0.3) is 0 Å². The van der Waals surface area contributed by atoms with Crippen molar-refractivity contribution in [2.24, 2.45) is 0 Å². The Morgan fingerprint density at radius 1 is 1.62 bits per heavy atom. The number of nitrogens with zero attached hydrogens (tertiary/aromatic N) is 1. The lowest BCUT2D eigenvalue weighted by molar-refractivity contribution is 0.875. The number of unbranched alkanes of at least 4 members (excludes halogenated alkanes) is 2. The molecule has 0 aliphatic carbocycles. The van der Waals surface area contributed by atoms with Gasteiger partial charge in [-0.3, -0.25) is 0 Å². The van der Waals surface area contributed by atoms with Gasteiger partial charge in [0.05, 0.1) is 6.07 Å². The molecule has 0 unspecified atom stereocenters. The van der Waals surface area contributed by atoms with Crippen LogP contribution < -0.4 is 0 Å². The lowest BCUT2D eigenvalue weighted by Crippen LogP contribution is -1.66. The number of hydrogen-bond acceptors (Lipinski definition) is 1. The van der Waals surface area contributed by atoms with Gasteiger partial charge in [0, 0.05) is 6.42 Å². The molecule has 0 spiro atoms. The van der Waals surface area contributed by atoms with Crippen molar-refractivity contribution in [3.63, 3.8) is 0 Å². The zero-order valence-electron chi connectivity index (χ0n) is 5.22. The average molecular weight is 109 g/mol. The van der Waals surface area contributed by atoms with Crippen LogP contribution in [-0.2, 0) is 0 Å². The molecule has 0 aliphatic rings. The number of allylic oxidation sites excluding steroid dienone is 2. The quantitative estimate of drug-likeness (QED) is 0.403. The van der Waals surface area contributed by atoms with Gasteiger partial charge in [-0.2, -0.15) is 5.26 Å². The zero-order valence-corrected chi connectivity index (χ0v) is 5.22. The van der Waals surface area contributed by atoms with Crippen LogP contribution in [0.4, 0.5) is 0 Å². The second-order valence-corrected chi connectivity index (χ2v) is 1.62. The topological polar surface area (TPSA) is 23.8 Å². The highest BCUT2D eigenvalue weighted by molar-refractivity contribution is 4.79. The second kappa shape index (κ2) is 6.23. The Labute approximate surface area is 50.6 Å². The highest BCUT2D eigenvalue weighted by Crippen LogP contribution is 1.93. The maximum Gasteiger partial charge on any atom is 0.0621 e. The third kappa shape index (κ3) is 5.23. The van der Waals surface area contributed by atoms with E-state index in [0.717, 1.165) is 12.8 Å². The van der Waals surface area contributed by atoms with E-state index in [9.17, 15) is 0 Å². The molecule has 44 valence electrons. The molecule has 0 radical (unpaired) electrons. The normalized spacial score (nSPS) is 9.50. The molecule has 0 fully saturated rings. The highest BCUT2D eigenvalue weighted by Gasteiger charge is 1.77. The van der Waals surface area contributed by atoms with Crippen LogP contribution in [0.1, 0.15) is 26.2 Å². The molecular weight excluding hydrogens is 98.1 g/mol. The molecule has 8 heavy (non-hydrogen) atoms. The van der Waals surface area contributed by atoms with Crippen molar-refractivity contribution in [3.8, 4) is 6.07 Å². The van der Waals surface area contributed by atoms with E-state index in [-0.39, 0.29) is 0 Å². The largest absolute Gasteiger partial charge is 0.198 e. The summed E-state index contributed by atoms with van der Waals surface area (Å²) in [5.41, 5.74) is 0. The maximum absolute atomic E-state index is 8.09. The molecule has 0 bridgehead atoms. The molecule has 0 aromatic carbocycles. The van der Waals surface area contributed by atoms with Crippen molar-refractivity contribution < 1.29 is 0 Å². The van der Waals surface area contributed by atoms with Gasteiger partial charge in [0.2, 0.25) is 0 Å². The summed E-state index contributed by atoms with van der Waals surface area (Å²) in [6, 6.07) is 2.09. The molecule has 0 heterocycles. The third-order valence-corrected chi connectivity index (χ3v) is 0.895. The van der Waals surface area contributed by atoms with Gasteiger partial charge in [-0.25, -0.2) is 0 Å². The van der Waals surface area contributed by atoms with Gasteiger partial charge in [0.15, 0.2) is 0 Å². The zero-order chi connectivity index (χ0) is 6.24. The standard InChI is InChI=1S/C7H11N/c1-2-3-4-5-6-7-8/h2-3H,4-6H2,1H3. The molecule has 0 amide bonds. The Bertz CT molecular complexity index is 97.4. The predicted octanol–water partition coefficient (Wildman–Crippen LogP) is 2.26. The van der Waals surface area contributed by atoms with Crippen LogP contribution in [0.15, 0.2) is 12.2 Å². The molecule has 0 aromatic heterocycles. The Morgan fingerprint density at radius 2 is 2.38 bits per heavy atom. The van der Waals surface area contributed by atoms with Crippen molar-refractivity contribution in [1.29, 1.82) is 5.26 Å². The monoisotopic (exact) mass is 109 g/mol. The Balaban J connectivity index is 2.85. The summed E-state index contributed by atoms with van der Waals surface area (Å²) in [5, 5.41) is 8.09. The van der Waals surface area contributed by atoms with Crippen LogP contribution >= 0.6 is 0 Å². The maximum atomic E-state index is 8.09. The minimum atomic E-state index is 0.685. The molecule has 0 N–H and O–H groups in total. The van der Waals surface area contributed by atoms with Crippen molar-refractivity contribution in [3.05, 3.63) is 12.2 Å². The third-order valence-electron chi connectivity index (χ3n) is 0.895. The molecular formula is C7H11N. The molecule has 0 aromatic rings. The average Bonchev–Trinajstić information content (AvgIpc) is 1.81. The summed E-state index contributed by atoms with van der Waals surface area (Å²) >= 11 is 0. The first-order valence-electron chi connectivity index (χ1n) is 2.90. The van der Waals surface area contributed by atoms with E-state index in [1.807, 2.05) is 13.0 Å². The van der Waals surface area contributed by atoms with Gasteiger partial charge < -0.3 is 0 Å². The molecule has 0 saturated carbocycles. The Kier molecular flexibility index (Phi) is 5.63. The fourth-order valence-corrected chi connectivity index (χ4v) is 0.466. The molecule has 0 rings (SSSR count). The first-order chi connectivity index (χ1) is 3.91. The minimum absolute atomic E-state index is 0.685. The lowest BCUT2D eigenvalue weighted by Gasteiger charge is -1.82. The van der Waals surface area contributed by atoms with Gasteiger partial charge in [-0.05, 0) is 19.8 Å². The molecule has 0 atom stereocenters. The fraction of sp³-hybridized carbons (Fsp3) is 0.571. The molecule has 0 aliphatic heterocycles. The van der Waals surface area contributed by atoms with Gasteiger partial charge >= 0.3 is 0 Å². The van der Waals surface area contributed by atoms with Crippen LogP contribution in [0.5, 0.6) is 0 Å². The predicted molar refractivity (Wildman–Crippen MR) is 34.3 cm³/mol. The molecule has 0 saturated heterocycles. The first kappa shape index (κ1) is 7.23. The van der Waals surface area contributed by atoms with E-state index >= 15 is 0 Å². The summed E-state index contributed by atoms with van der Waals surface area (Å²) in [7, 11) is 0. The number of rotatable bonds is 3. The van der Waals surface area contributed by atoms with Crippen LogP contribution in [0.25, 0.3) is 0 Å². The van der Waals surface area contributed by atoms with Gasteiger partial charge in [-0.1, -0.05) is 12.2 Å². The summed E-state index contributed by atoms with van der Waals surface area (Å²) in [6.45, 7) is 1.99.